The molecule has 3 heteroatoms. The number of esters is 1. The maximum Gasteiger partial charge on any atom is 0.308 e. The summed E-state index contributed by atoms with van der Waals surface area (Å²) >= 11 is 0. The second-order valence-corrected chi connectivity index (χ2v) is 5.54. The Morgan fingerprint density at radius 1 is 1.69 bits per heavy atom. The third-order valence-electron chi connectivity index (χ3n) is 4.48. The van der Waals surface area contributed by atoms with Crippen molar-refractivity contribution in [1.82, 2.24) is 0 Å². The summed E-state index contributed by atoms with van der Waals surface area (Å²) in [7, 11) is 1.35. The molecule has 0 aromatic carbocycles. The van der Waals surface area contributed by atoms with E-state index in [2.05, 4.69) is 24.7 Å². The van der Waals surface area contributed by atoms with Crippen LogP contribution in [0.1, 0.15) is 33.1 Å². The van der Waals surface area contributed by atoms with Crippen LogP contribution in [-0.2, 0) is 9.53 Å². The largest absolute Gasteiger partial charge is 0.469 e. The first-order valence-corrected chi connectivity index (χ1v) is 5.91. The number of carbonyl (C=O) groups excluding carboxylic acids is 1. The molecule has 0 heterocycles. The van der Waals surface area contributed by atoms with Crippen LogP contribution in [0.4, 0.5) is 0 Å². The summed E-state index contributed by atoms with van der Waals surface area (Å²) in [6.07, 6.45) is 3.75. The van der Waals surface area contributed by atoms with E-state index < -0.39 is 6.10 Å². The zero-order valence-electron chi connectivity index (χ0n) is 10.2. The maximum absolute atomic E-state index is 11.1. The number of ether oxygens (including phenoxy) is 1. The molecule has 0 saturated heterocycles. The lowest BCUT2D eigenvalue weighted by atomic mass is 9.48. The van der Waals surface area contributed by atoms with E-state index in [1.165, 1.54) is 7.11 Å². The maximum atomic E-state index is 11.1. The molecule has 3 nitrogen and oxygen atoms in total. The van der Waals surface area contributed by atoms with Gasteiger partial charge < -0.3 is 9.84 Å². The highest BCUT2D eigenvalue weighted by atomic mass is 16.5. The quantitative estimate of drug-likeness (QED) is 0.588. The van der Waals surface area contributed by atoms with Crippen molar-refractivity contribution in [2.45, 2.75) is 39.2 Å². The van der Waals surface area contributed by atoms with Gasteiger partial charge in [-0.25, -0.2) is 0 Å². The van der Waals surface area contributed by atoms with E-state index in [1.807, 2.05) is 0 Å². The van der Waals surface area contributed by atoms with Gasteiger partial charge in [0, 0.05) is 0 Å². The molecule has 0 aromatic rings. The molecule has 0 aromatic heterocycles. The van der Waals surface area contributed by atoms with Crippen LogP contribution in [0.5, 0.6) is 0 Å². The first-order valence-electron chi connectivity index (χ1n) is 5.91. The van der Waals surface area contributed by atoms with Crippen LogP contribution in [0.3, 0.4) is 0 Å². The Hall–Kier alpha value is -0.830. The van der Waals surface area contributed by atoms with Crippen molar-refractivity contribution in [1.29, 1.82) is 0 Å². The Morgan fingerprint density at radius 2 is 2.38 bits per heavy atom. The fourth-order valence-electron chi connectivity index (χ4n) is 3.13. The third kappa shape index (κ3) is 1.67. The summed E-state index contributed by atoms with van der Waals surface area (Å²) in [5.41, 5.74) is 1.35. The summed E-state index contributed by atoms with van der Waals surface area (Å²) in [6, 6.07) is 0. The zero-order valence-corrected chi connectivity index (χ0v) is 10.2. The smallest absolute Gasteiger partial charge is 0.308 e. The predicted octanol–water partition coefficient (Wildman–Crippen LogP) is 1.90. The summed E-state index contributed by atoms with van der Waals surface area (Å²) in [6.45, 7) is 4.51. The Kier molecular flexibility index (Phi) is 2.82. The molecular formula is C13H20O3. The third-order valence-corrected chi connectivity index (χ3v) is 4.48. The number of methoxy groups -OCH3 is 1. The summed E-state index contributed by atoms with van der Waals surface area (Å²) in [4.78, 5) is 11.1. The number of carbonyl (C=O) groups is 1. The van der Waals surface area contributed by atoms with E-state index in [-0.39, 0.29) is 12.4 Å². The molecule has 1 N–H and O–H groups in total. The molecule has 0 amide bonds. The van der Waals surface area contributed by atoms with Crippen LogP contribution >= 0.6 is 0 Å². The van der Waals surface area contributed by atoms with Gasteiger partial charge in [0.25, 0.3) is 0 Å². The van der Waals surface area contributed by atoms with Crippen molar-refractivity contribution in [3.63, 3.8) is 0 Å². The highest BCUT2D eigenvalue weighted by Crippen LogP contribution is 2.59. The van der Waals surface area contributed by atoms with E-state index in [1.54, 1.807) is 0 Å². The highest BCUT2D eigenvalue weighted by Gasteiger charge is 2.52. The molecule has 3 rings (SSSR count). The first kappa shape index (κ1) is 11.6. The van der Waals surface area contributed by atoms with Crippen LogP contribution < -0.4 is 0 Å². The molecule has 3 atom stereocenters. The van der Waals surface area contributed by atoms with Crippen molar-refractivity contribution in [2.24, 2.45) is 17.3 Å². The molecule has 0 aliphatic heterocycles. The monoisotopic (exact) mass is 224 g/mol. The van der Waals surface area contributed by atoms with Gasteiger partial charge in [0.2, 0.25) is 0 Å². The van der Waals surface area contributed by atoms with Crippen LogP contribution in [0.2, 0.25) is 0 Å². The standard InChI is InChI=1S/C13H20O3/c1-13(2)8-4-5-9(10(13)6-8)11(14)7-12(15)16-3/h5,8,10-11,14H,4,6-7H2,1-3H3. The van der Waals surface area contributed by atoms with Gasteiger partial charge in [-0.1, -0.05) is 19.9 Å². The van der Waals surface area contributed by atoms with E-state index in [0.29, 0.717) is 11.3 Å². The van der Waals surface area contributed by atoms with Gasteiger partial charge in [0.05, 0.1) is 19.6 Å². The molecule has 0 radical (unpaired) electrons. The predicted molar refractivity (Wildman–Crippen MR) is 60.7 cm³/mol. The van der Waals surface area contributed by atoms with E-state index in [9.17, 15) is 9.90 Å². The SMILES string of the molecule is COC(=O)CC(O)C1=CCC2CC1C2(C)C. The molecular weight excluding hydrogens is 204 g/mol. The minimum atomic E-state index is -0.655. The Labute approximate surface area is 96.5 Å². The fourth-order valence-corrected chi connectivity index (χ4v) is 3.13. The van der Waals surface area contributed by atoms with Gasteiger partial charge in [-0.2, -0.15) is 0 Å². The normalized spacial score (nSPS) is 32.4. The average Bonchev–Trinajstić information content (AvgIpc) is 2.28. The second-order valence-electron chi connectivity index (χ2n) is 5.54. The molecule has 1 fully saturated rings. The highest BCUT2D eigenvalue weighted by molar-refractivity contribution is 5.70. The van der Waals surface area contributed by atoms with E-state index in [0.717, 1.165) is 24.3 Å². The Bertz CT molecular complexity index is 330. The summed E-state index contributed by atoms with van der Waals surface area (Å²) < 4.78 is 4.59. The molecule has 2 bridgehead atoms. The molecule has 0 spiro atoms. The number of hydrogen-bond acceptors (Lipinski definition) is 3. The van der Waals surface area contributed by atoms with Crippen molar-refractivity contribution in [3.05, 3.63) is 11.6 Å². The topological polar surface area (TPSA) is 46.5 Å². The average molecular weight is 224 g/mol. The number of fused-ring (bicyclic) bond motifs is 1. The van der Waals surface area contributed by atoms with Gasteiger partial charge in [-0.3, -0.25) is 4.79 Å². The molecule has 3 unspecified atom stereocenters. The zero-order chi connectivity index (χ0) is 11.9. The second kappa shape index (κ2) is 3.88. The molecule has 1 saturated carbocycles. The molecule has 3 aliphatic carbocycles. The van der Waals surface area contributed by atoms with Crippen LogP contribution in [0, 0.1) is 17.3 Å². The summed E-state index contributed by atoms with van der Waals surface area (Å²) in [5, 5.41) is 10.0. The Balaban J connectivity index is 2.05. The minimum absolute atomic E-state index is 0.0829. The number of allylic oxidation sites excluding steroid dienone is 1. The summed E-state index contributed by atoms with van der Waals surface area (Å²) in [5.74, 6) is 0.866. The van der Waals surface area contributed by atoms with Gasteiger partial charge in [-0.15, -0.1) is 0 Å². The van der Waals surface area contributed by atoms with Crippen molar-refractivity contribution in [3.8, 4) is 0 Å². The van der Waals surface area contributed by atoms with Crippen molar-refractivity contribution >= 4 is 5.97 Å². The Morgan fingerprint density at radius 3 is 2.88 bits per heavy atom. The lowest BCUT2D eigenvalue weighted by molar-refractivity contribution is -0.142. The van der Waals surface area contributed by atoms with Crippen molar-refractivity contribution < 1.29 is 14.6 Å². The minimum Gasteiger partial charge on any atom is -0.469 e. The van der Waals surface area contributed by atoms with Crippen molar-refractivity contribution in [2.75, 3.05) is 7.11 Å². The fraction of sp³-hybridized carbons (Fsp3) is 0.769. The number of aliphatic hydroxyl groups is 1. The van der Waals surface area contributed by atoms with Crippen LogP contribution in [0.25, 0.3) is 0 Å². The van der Waals surface area contributed by atoms with Gasteiger partial charge in [-0.05, 0) is 35.7 Å². The van der Waals surface area contributed by atoms with Crippen LogP contribution in [0.15, 0.2) is 11.6 Å². The first-order chi connectivity index (χ1) is 7.46. The van der Waals surface area contributed by atoms with Crippen LogP contribution in [-0.4, -0.2) is 24.3 Å². The lowest BCUT2D eigenvalue weighted by Crippen LogP contribution is -2.50. The molecule has 90 valence electrons. The van der Waals surface area contributed by atoms with Gasteiger partial charge >= 0.3 is 5.97 Å². The molecule has 3 aliphatic rings. The van der Waals surface area contributed by atoms with E-state index in [4.69, 9.17) is 0 Å². The number of hydrogen-bond donors (Lipinski definition) is 1. The van der Waals surface area contributed by atoms with Gasteiger partial charge in [0.15, 0.2) is 0 Å². The lowest BCUT2D eigenvalue weighted by Gasteiger charge is -2.57. The number of aliphatic hydroxyl groups excluding tert-OH is 1. The number of rotatable bonds is 3. The molecule has 16 heavy (non-hydrogen) atoms. The van der Waals surface area contributed by atoms with E-state index >= 15 is 0 Å². The van der Waals surface area contributed by atoms with Gasteiger partial charge in [0.1, 0.15) is 0 Å².